The number of benzene rings is 1. The Morgan fingerprint density at radius 3 is 2.48 bits per heavy atom. The number of hydrogen-bond acceptors (Lipinski definition) is 4. The van der Waals surface area contributed by atoms with Gasteiger partial charge in [-0.15, -0.1) is 0 Å². The van der Waals surface area contributed by atoms with Crippen LogP contribution in [0.2, 0.25) is 10.0 Å². The zero-order chi connectivity index (χ0) is 16.2. The van der Waals surface area contributed by atoms with Crippen LogP contribution in [0.5, 0.6) is 0 Å². The molecule has 0 aliphatic heterocycles. The standard InChI is InChI=1S/C13H21Cl2N3O2S/c1-9(2)18(3)6-4-5-17-21(19,20)13-11(15)7-10(14)8-12(13)16/h7-9,17H,4-6,16H2,1-3H3. The van der Waals surface area contributed by atoms with Crippen LogP contribution < -0.4 is 10.5 Å². The topological polar surface area (TPSA) is 75.4 Å². The molecule has 1 rings (SSSR count). The lowest BCUT2D eigenvalue weighted by molar-refractivity contribution is 0.271. The minimum absolute atomic E-state index is 0.0202. The number of hydrogen-bond donors (Lipinski definition) is 2. The van der Waals surface area contributed by atoms with E-state index in [0.29, 0.717) is 24.0 Å². The number of anilines is 1. The highest BCUT2D eigenvalue weighted by Crippen LogP contribution is 2.30. The lowest BCUT2D eigenvalue weighted by atomic mass is 10.3. The number of nitrogen functional groups attached to an aromatic ring is 1. The predicted octanol–water partition coefficient (Wildman–Crippen LogP) is 2.58. The van der Waals surface area contributed by atoms with Crippen LogP contribution in [0.15, 0.2) is 17.0 Å². The highest BCUT2D eigenvalue weighted by atomic mass is 35.5. The van der Waals surface area contributed by atoms with E-state index < -0.39 is 10.0 Å². The summed E-state index contributed by atoms with van der Waals surface area (Å²) in [7, 11) is -1.75. The van der Waals surface area contributed by atoms with Gasteiger partial charge in [-0.2, -0.15) is 0 Å². The van der Waals surface area contributed by atoms with Gasteiger partial charge < -0.3 is 10.6 Å². The molecule has 8 heteroatoms. The second-order valence-corrected chi connectivity index (χ2v) is 7.68. The molecule has 0 aliphatic rings. The fourth-order valence-corrected chi connectivity index (χ4v) is 3.79. The van der Waals surface area contributed by atoms with E-state index in [1.807, 2.05) is 7.05 Å². The molecule has 1 aromatic rings. The molecule has 21 heavy (non-hydrogen) atoms. The van der Waals surface area contributed by atoms with E-state index >= 15 is 0 Å². The van der Waals surface area contributed by atoms with Crippen molar-refractivity contribution in [2.75, 3.05) is 25.9 Å². The normalized spacial score (nSPS) is 12.3. The number of halogens is 2. The second-order valence-electron chi connectivity index (χ2n) is 5.13. The summed E-state index contributed by atoms with van der Waals surface area (Å²) in [5.41, 5.74) is 5.75. The van der Waals surface area contributed by atoms with E-state index in [9.17, 15) is 8.42 Å². The van der Waals surface area contributed by atoms with Gasteiger partial charge in [0.15, 0.2) is 0 Å². The molecule has 0 atom stereocenters. The van der Waals surface area contributed by atoms with Crippen LogP contribution in [-0.2, 0) is 10.0 Å². The van der Waals surface area contributed by atoms with Crippen molar-refractivity contribution >= 4 is 38.9 Å². The fourth-order valence-electron chi connectivity index (χ4n) is 1.73. The van der Waals surface area contributed by atoms with E-state index in [2.05, 4.69) is 23.5 Å². The minimum Gasteiger partial charge on any atom is -0.398 e. The summed E-state index contributed by atoms with van der Waals surface area (Å²) in [5.74, 6) is 0. The van der Waals surface area contributed by atoms with Gasteiger partial charge in [0.2, 0.25) is 10.0 Å². The number of sulfonamides is 1. The molecule has 0 aliphatic carbocycles. The van der Waals surface area contributed by atoms with Crippen LogP contribution in [0, 0.1) is 0 Å². The molecule has 120 valence electrons. The third-order valence-corrected chi connectivity index (χ3v) is 5.37. The summed E-state index contributed by atoms with van der Waals surface area (Å²) in [6.45, 7) is 5.28. The van der Waals surface area contributed by atoms with E-state index in [1.165, 1.54) is 12.1 Å². The van der Waals surface area contributed by atoms with E-state index in [1.54, 1.807) is 0 Å². The van der Waals surface area contributed by atoms with Crippen LogP contribution in [0.3, 0.4) is 0 Å². The molecule has 0 amide bonds. The molecule has 0 bridgehead atoms. The first-order valence-electron chi connectivity index (χ1n) is 6.59. The first-order chi connectivity index (χ1) is 9.65. The van der Waals surface area contributed by atoms with Crippen LogP contribution in [0.4, 0.5) is 5.69 Å². The summed E-state index contributed by atoms with van der Waals surface area (Å²) in [4.78, 5) is 2.02. The first kappa shape index (κ1) is 18.5. The van der Waals surface area contributed by atoms with Gasteiger partial charge in [-0.3, -0.25) is 0 Å². The Labute approximate surface area is 136 Å². The number of nitrogens with zero attached hydrogens (tertiary/aromatic N) is 1. The summed E-state index contributed by atoms with van der Waals surface area (Å²) in [5, 5.41) is 0.321. The third-order valence-electron chi connectivity index (χ3n) is 3.17. The van der Waals surface area contributed by atoms with Crippen molar-refractivity contribution < 1.29 is 8.42 Å². The minimum atomic E-state index is -3.74. The molecule has 0 aromatic heterocycles. The van der Waals surface area contributed by atoms with Gasteiger partial charge in [-0.05, 0) is 46.0 Å². The maximum absolute atomic E-state index is 12.2. The maximum Gasteiger partial charge on any atom is 0.244 e. The van der Waals surface area contributed by atoms with Crippen molar-refractivity contribution in [1.29, 1.82) is 0 Å². The molecule has 0 unspecified atom stereocenters. The summed E-state index contributed by atoms with van der Waals surface area (Å²) in [6.07, 6.45) is 0.693. The van der Waals surface area contributed by atoms with Crippen molar-refractivity contribution in [2.24, 2.45) is 0 Å². The Morgan fingerprint density at radius 1 is 1.33 bits per heavy atom. The van der Waals surface area contributed by atoms with E-state index in [-0.39, 0.29) is 15.6 Å². The van der Waals surface area contributed by atoms with Gasteiger partial charge in [0.25, 0.3) is 0 Å². The van der Waals surface area contributed by atoms with E-state index in [4.69, 9.17) is 28.9 Å². The quantitative estimate of drug-likeness (QED) is 0.583. The van der Waals surface area contributed by atoms with Crippen molar-refractivity contribution in [3.05, 3.63) is 22.2 Å². The van der Waals surface area contributed by atoms with Crippen molar-refractivity contribution in [1.82, 2.24) is 9.62 Å². The summed E-state index contributed by atoms with van der Waals surface area (Å²) in [6, 6.07) is 3.15. The van der Waals surface area contributed by atoms with Gasteiger partial charge in [0.05, 0.1) is 10.7 Å². The van der Waals surface area contributed by atoms with E-state index in [0.717, 1.165) is 6.54 Å². The first-order valence-corrected chi connectivity index (χ1v) is 8.83. The molecule has 1 aromatic carbocycles. The third kappa shape index (κ3) is 5.30. The van der Waals surface area contributed by atoms with Gasteiger partial charge in [-0.1, -0.05) is 23.2 Å². The van der Waals surface area contributed by atoms with Crippen LogP contribution in [-0.4, -0.2) is 39.5 Å². The summed E-state index contributed by atoms with van der Waals surface area (Å²) < 4.78 is 27.0. The average Bonchev–Trinajstić information content (AvgIpc) is 2.32. The van der Waals surface area contributed by atoms with Crippen molar-refractivity contribution in [3.63, 3.8) is 0 Å². The Morgan fingerprint density at radius 2 is 1.95 bits per heavy atom. The zero-order valence-corrected chi connectivity index (χ0v) is 14.7. The average molecular weight is 354 g/mol. The lowest BCUT2D eigenvalue weighted by Crippen LogP contribution is -2.31. The molecule has 0 fully saturated rings. The number of nitrogens with two attached hydrogens (primary N) is 1. The Bertz CT molecular complexity index is 568. The van der Waals surface area contributed by atoms with Crippen molar-refractivity contribution in [3.8, 4) is 0 Å². The maximum atomic E-state index is 12.2. The molecule has 0 radical (unpaired) electrons. The van der Waals surface area contributed by atoms with Crippen LogP contribution in [0.25, 0.3) is 0 Å². The molecule has 0 saturated carbocycles. The van der Waals surface area contributed by atoms with Crippen LogP contribution >= 0.6 is 23.2 Å². The smallest absolute Gasteiger partial charge is 0.244 e. The largest absolute Gasteiger partial charge is 0.398 e. The molecule has 5 nitrogen and oxygen atoms in total. The van der Waals surface area contributed by atoms with Gasteiger partial charge in [-0.25, -0.2) is 13.1 Å². The van der Waals surface area contributed by atoms with Gasteiger partial charge >= 0.3 is 0 Å². The zero-order valence-electron chi connectivity index (χ0n) is 12.4. The fraction of sp³-hybridized carbons (Fsp3) is 0.538. The highest BCUT2D eigenvalue weighted by Gasteiger charge is 2.21. The second kappa shape index (κ2) is 7.65. The number of rotatable bonds is 7. The Hall–Kier alpha value is -0.530. The number of nitrogens with one attached hydrogen (secondary N) is 1. The monoisotopic (exact) mass is 353 g/mol. The molecular formula is C13H21Cl2N3O2S. The van der Waals surface area contributed by atoms with Gasteiger partial charge in [0, 0.05) is 17.6 Å². The molecule has 3 N–H and O–H groups in total. The molecular weight excluding hydrogens is 333 g/mol. The predicted molar refractivity (Wildman–Crippen MR) is 88.4 cm³/mol. The SMILES string of the molecule is CC(C)N(C)CCCNS(=O)(=O)c1c(N)cc(Cl)cc1Cl. The Balaban J connectivity index is 2.71. The van der Waals surface area contributed by atoms with Gasteiger partial charge in [0.1, 0.15) is 4.90 Å². The lowest BCUT2D eigenvalue weighted by Gasteiger charge is -2.20. The molecule has 0 heterocycles. The molecule has 0 saturated heterocycles. The van der Waals surface area contributed by atoms with Crippen LogP contribution in [0.1, 0.15) is 20.3 Å². The van der Waals surface area contributed by atoms with Crippen molar-refractivity contribution in [2.45, 2.75) is 31.2 Å². The Kier molecular flexibility index (Phi) is 6.74. The summed E-state index contributed by atoms with van der Waals surface area (Å²) >= 11 is 11.7. The molecule has 0 spiro atoms. The highest BCUT2D eigenvalue weighted by molar-refractivity contribution is 7.89.